The van der Waals surface area contributed by atoms with Gasteiger partial charge in [-0.25, -0.2) is 4.79 Å². The van der Waals surface area contributed by atoms with Gasteiger partial charge in [0.2, 0.25) is 0 Å². The molecule has 1 aliphatic heterocycles. The van der Waals surface area contributed by atoms with Gasteiger partial charge in [0.15, 0.2) is 6.10 Å². The highest BCUT2D eigenvalue weighted by atomic mass is 16.5. The number of imide groups is 1. The minimum Gasteiger partial charge on any atom is -0.453 e. The fraction of sp³-hybridized carbons (Fsp3) is 0.789. The van der Waals surface area contributed by atoms with Crippen LogP contribution >= 0.6 is 0 Å². The molecule has 0 spiro atoms. The van der Waals surface area contributed by atoms with Crippen LogP contribution in [0.5, 0.6) is 0 Å². The summed E-state index contributed by atoms with van der Waals surface area (Å²) in [6, 6.07) is -0.293. The van der Waals surface area contributed by atoms with Gasteiger partial charge in [0.05, 0.1) is 0 Å². The first-order valence-electron chi connectivity index (χ1n) is 9.84. The van der Waals surface area contributed by atoms with Crippen LogP contribution in [0.15, 0.2) is 0 Å². The van der Waals surface area contributed by atoms with Crippen LogP contribution in [-0.4, -0.2) is 52.9 Å². The second-order valence-electron chi connectivity index (χ2n) is 7.94. The van der Waals surface area contributed by atoms with Crippen molar-refractivity contribution in [3.8, 4) is 0 Å². The molecule has 0 bridgehead atoms. The van der Waals surface area contributed by atoms with Crippen molar-refractivity contribution in [2.24, 2.45) is 0 Å². The van der Waals surface area contributed by atoms with Crippen LogP contribution in [0, 0.1) is 0 Å². The van der Waals surface area contributed by atoms with Crippen LogP contribution in [-0.2, 0) is 19.1 Å². The van der Waals surface area contributed by atoms with Crippen LogP contribution in [0.2, 0.25) is 0 Å². The minimum absolute atomic E-state index is 0.0402. The van der Waals surface area contributed by atoms with Crippen LogP contribution < -0.4 is 10.6 Å². The number of esters is 1. The molecule has 1 atom stereocenters. The van der Waals surface area contributed by atoms with E-state index in [-0.39, 0.29) is 30.8 Å². The number of hydrogen-bond acceptors (Lipinski definition) is 5. The number of amides is 4. The van der Waals surface area contributed by atoms with Gasteiger partial charge in [-0.05, 0) is 40.0 Å². The van der Waals surface area contributed by atoms with Crippen molar-refractivity contribution in [2.45, 2.75) is 89.8 Å². The molecular formula is C19H31N3O5. The monoisotopic (exact) mass is 381 g/mol. The van der Waals surface area contributed by atoms with Crippen LogP contribution in [0.25, 0.3) is 0 Å². The normalized spacial score (nSPS) is 21.4. The lowest BCUT2D eigenvalue weighted by atomic mass is 10.1. The van der Waals surface area contributed by atoms with Gasteiger partial charge in [0.1, 0.15) is 5.54 Å². The molecule has 2 fully saturated rings. The third-order valence-electron chi connectivity index (χ3n) is 5.09. The zero-order chi connectivity index (χ0) is 20.0. The molecule has 1 heterocycles. The molecule has 4 amide bonds. The topological polar surface area (TPSA) is 105 Å². The Kier molecular flexibility index (Phi) is 7.21. The second kappa shape index (κ2) is 9.19. The zero-order valence-electron chi connectivity index (χ0n) is 16.5. The molecule has 8 heteroatoms. The van der Waals surface area contributed by atoms with Gasteiger partial charge < -0.3 is 15.4 Å². The molecular weight excluding hydrogens is 350 g/mol. The first kappa shape index (κ1) is 21.2. The Labute approximate surface area is 160 Å². The molecule has 8 nitrogen and oxygen atoms in total. The van der Waals surface area contributed by atoms with Crippen molar-refractivity contribution < 1.29 is 23.9 Å². The molecule has 2 rings (SSSR count). The smallest absolute Gasteiger partial charge is 0.325 e. The molecule has 0 radical (unpaired) electrons. The highest BCUT2D eigenvalue weighted by Crippen LogP contribution is 2.18. The summed E-state index contributed by atoms with van der Waals surface area (Å²) in [4.78, 5) is 49.1. The summed E-state index contributed by atoms with van der Waals surface area (Å²) in [7, 11) is 0. The van der Waals surface area contributed by atoms with E-state index in [0.717, 1.165) is 30.6 Å². The predicted octanol–water partition coefficient (Wildman–Crippen LogP) is 1.87. The molecule has 1 aliphatic carbocycles. The summed E-state index contributed by atoms with van der Waals surface area (Å²) in [6.45, 7) is 4.97. The number of hydrogen-bond donors (Lipinski definition) is 2. The minimum atomic E-state index is -0.914. The predicted molar refractivity (Wildman–Crippen MR) is 98.7 cm³/mol. The maximum Gasteiger partial charge on any atom is 0.325 e. The summed E-state index contributed by atoms with van der Waals surface area (Å²) in [5.74, 6) is -1.09. The number of ether oxygens (including phenoxy) is 1. The van der Waals surface area contributed by atoms with Gasteiger partial charge in [-0.2, -0.15) is 0 Å². The summed E-state index contributed by atoms with van der Waals surface area (Å²) in [5.41, 5.74) is -0.914. The van der Waals surface area contributed by atoms with Crippen molar-refractivity contribution in [1.82, 2.24) is 15.5 Å². The maximum absolute atomic E-state index is 12.2. The molecule has 1 saturated carbocycles. The van der Waals surface area contributed by atoms with Crippen LogP contribution in [0.4, 0.5) is 4.79 Å². The highest BCUT2D eigenvalue weighted by molar-refractivity contribution is 6.06. The Morgan fingerprint density at radius 2 is 1.85 bits per heavy atom. The van der Waals surface area contributed by atoms with E-state index >= 15 is 0 Å². The average Bonchev–Trinajstić information content (AvgIpc) is 2.78. The SMILES string of the molecule is C[C@@H](OC(=O)CCCN1C(=O)NC(C)(C)C1=O)C(=O)NC1CCCCCC1. The molecule has 2 N–H and O–H groups in total. The number of nitrogens with zero attached hydrogens (tertiary/aromatic N) is 1. The first-order chi connectivity index (χ1) is 12.7. The van der Waals surface area contributed by atoms with Gasteiger partial charge in [0, 0.05) is 19.0 Å². The molecule has 0 unspecified atom stereocenters. The van der Waals surface area contributed by atoms with E-state index in [4.69, 9.17) is 4.74 Å². The number of urea groups is 1. The molecule has 152 valence electrons. The number of carbonyl (C=O) groups is 4. The maximum atomic E-state index is 12.2. The van der Waals surface area contributed by atoms with E-state index in [1.165, 1.54) is 12.8 Å². The summed E-state index contributed by atoms with van der Waals surface area (Å²) >= 11 is 0. The Morgan fingerprint density at radius 3 is 2.41 bits per heavy atom. The van der Waals surface area contributed by atoms with E-state index < -0.39 is 23.6 Å². The Hall–Kier alpha value is -2.12. The summed E-state index contributed by atoms with van der Waals surface area (Å²) < 4.78 is 5.19. The fourth-order valence-corrected chi connectivity index (χ4v) is 3.45. The number of carbonyl (C=O) groups excluding carboxylic acids is 4. The Bertz CT molecular complexity index is 582. The molecule has 0 aromatic heterocycles. The number of rotatable bonds is 7. The van der Waals surface area contributed by atoms with E-state index in [0.29, 0.717) is 6.42 Å². The lowest BCUT2D eigenvalue weighted by Gasteiger charge is -2.20. The number of nitrogens with one attached hydrogen (secondary N) is 2. The zero-order valence-corrected chi connectivity index (χ0v) is 16.5. The third kappa shape index (κ3) is 5.94. The largest absolute Gasteiger partial charge is 0.453 e. The van der Waals surface area contributed by atoms with E-state index in [1.54, 1.807) is 20.8 Å². The molecule has 0 aromatic rings. The van der Waals surface area contributed by atoms with Crippen molar-refractivity contribution >= 4 is 23.8 Å². The Morgan fingerprint density at radius 1 is 1.22 bits per heavy atom. The summed E-state index contributed by atoms with van der Waals surface area (Å²) in [6.07, 6.45) is 6.04. The standard InChI is InChI=1S/C19H31N3O5/c1-13(16(24)20-14-9-6-4-5-7-10-14)27-15(23)11-8-12-22-17(25)19(2,3)21-18(22)26/h13-14H,4-12H2,1-3H3,(H,20,24)(H,21,26)/t13-/m1/s1. The lowest BCUT2D eigenvalue weighted by Crippen LogP contribution is -2.42. The van der Waals surface area contributed by atoms with Gasteiger partial charge in [-0.3, -0.25) is 19.3 Å². The van der Waals surface area contributed by atoms with Gasteiger partial charge >= 0.3 is 12.0 Å². The van der Waals surface area contributed by atoms with Crippen molar-refractivity contribution in [3.63, 3.8) is 0 Å². The third-order valence-corrected chi connectivity index (χ3v) is 5.09. The van der Waals surface area contributed by atoms with Gasteiger partial charge in [0.25, 0.3) is 11.8 Å². The molecule has 0 aromatic carbocycles. The quantitative estimate of drug-likeness (QED) is 0.398. The van der Waals surface area contributed by atoms with E-state index in [1.807, 2.05) is 0 Å². The molecule has 2 aliphatic rings. The Balaban J connectivity index is 1.69. The van der Waals surface area contributed by atoms with E-state index in [9.17, 15) is 19.2 Å². The highest BCUT2D eigenvalue weighted by Gasteiger charge is 2.43. The van der Waals surface area contributed by atoms with Gasteiger partial charge in [-0.1, -0.05) is 25.7 Å². The van der Waals surface area contributed by atoms with Crippen molar-refractivity contribution in [2.75, 3.05) is 6.54 Å². The fourth-order valence-electron chi connectivity index (χ4n) is 3.45. The van der Waals surface area contributed by atoms with Crippen LogP contribution in [0.3, 0.4) is 0 Å². The van der Waals surface area contributed by atoms with Gasteiger partial charge in [-0.15, -0.1) is 0 Å². The lowest BCUT2D eigenvalue weighted by molar-refractivity contribution is -0.155. The summed E-state index contributed by atoms with van der Waals surface area (Å²) in [5, 5.41) is 5.55. The second-order valence-corrected chi connectivity index (χ2v) is 7.94. The van der Waals surface area contributed by atoms with E-state index in [2.05, 4.69) is 10.6 Å². The van der Waals surface area contributed by atoms with Crippen molar-refractivity contribution in [1.29, 1.82) is 0 Å². The molecule has 1 saturated heterocycles. The van der Waals surface area contributed by atoms with Crippen molar-refractivity contribution in [3.05, 3.63) is 0 Å². The van der Waals surface area contributed by atoms with Crippen LogP contribution in [0.1, 0.15) is 72.1 Å². The first-order valence-corrected chi connectivity index (χ1v) is 9.84. The molecule has 27 heavy (non-hydrogen) atoms. The average molecular weight is 381 g/mol.